The van der Waals surface area contributed by atoms with Crippen LogP contribution in [0.4, 0.5) is 0 Å². The Balaban J connectivity index is 0.00000567. The van der Waals surface area contributed by atoms with Gasteiger partial charge >= 0.3 is 5.97 Å². The highest BCUT2D eigenvalue weighted by Gasteiger charge is 2.52. The minimum absolute atomic E-state index is 0.189. The van der Waals surface area contributed by atoms with Crippen LogP contribution in [0.15, 0.2) is 41.7 Å². The second-order valence-corrected chi connectivity index (χ2v) is 24.4. The van der Waals surface area contributed by atoms with Crippen molar-refractivity contribution in [3.05, 3.63) is 58.3 Å². The summed E-state index contributed by atoms with van der Waals surface area (Å²) in [6, 6.07) is 4.95. The maximum Gasteiger partial charge on any atom is 0.311 e. The molecule has 0 bridgehead atoms. The number of aliphatic hydroxyl groups is 6. The summed E-state index contributed by atoms with van der Waals surface area (Å²) in [5.41, 5.74) is -0.854. The lowest BCUT2D eigenvalue weighted by molar-refractivity contribution is -0.302. The lowest BCUT2D eigenvalue weighted by Crippen LogP contribution is -2.60. The van der Waals surface area contributed by atoms with Crippen LogP contribution in [0.1, 0.15) is 151 Å². The van der Waals surface area contributed by atoms with Gasteiger partial charge in [-0.15, -0.1) is 5.10 Å². The number of benzene rings is 1. The number of hydrogen-bond acceptors (Lipinski definition) is 19. The Hall–Kier alpha value is -3.35. The number of cyclic esters (lactones) is 1. The van der Waals surface area contributed by atoms with Gasteiger partial charge in [-0.25, -0.2) is 4.68 Å². The molecule has 20 heteroatoms. The molecular weight excluding hydrogens is 1010 g/mol. The first kappa shape index (κ1) is 66.5. The summed E-state index contributed by atoms with van der Waals surface area (Å²) >= 11 is 0. The van der Waals surface area contributed by atoms with Crippen molar-refractivity contribution in [2.45, 2.75) is 224 Å². The Bertz CT molecular complexity index is 2230. The number of carbonyl (C=O) groups excluding carboxylic acids is 1. The molecule has 3 fully saturated rings. The molecule has 79 heavy (non-hydrogen) atoms. The van der Waals surface area contributed by atoms with Crippen molar-refractivity contribution in [2.24, 2.45) is 28.8 Å². The quantitative estimate of drug-likeness (QED) is 0.0889. The number of aliphatic hydroxyl groups excluding tert-OH is 4. The van der Waals surface area contributed by atoms with Crippen LogP contribution in [-0.4, -0.2) is 211 Å². The van der Waals surface area contributed by atoms with Crippen LogP contribution in [0.3, 0.4) is 0 Å². The number of hydrogen-bond donors (Lipinski definition) is 6. The molecular formula is C59H101N7O13. The highest BCUT2D eigenvalue weighted by molar-refractivity contribution is 5.73. The van der Waals surface area contributed by atoms with Gasteiger partial charge in [0, 0.05) is 70.3 Å². The topological polar surface area (TPSA) is 254 Å². The third-order valence-electron chi connectivity index (χ3n) is 17.8. The fourth-order valence-corrected chi connectivity index (χ4v) is 12.9. The zero-order valence-electron chi connectivity index (χ0n) is 50.4. The van der Waals surface area contributed by atoms with Gasteiger partial charge in [0.1, 0.15) is 36.0 Å². The number of nitrogens with zero attached hydrogens (tertiary/aromatic N) is 7. The van der Waals surface area contributed by atoms with E-state index in [9.17, 15) is 40.3 Å². The van der Waals surface area contributed by atoms with Crippen molar-refractivity contribution in [1.29, 1.82) is 0 Å². The highest BCUT2D eigenvalue weighted by atomic mass is 16.7. The Morgan fingerprint density at radius 1 is 0.962 bits per heavy atom. The molecule has 1 saturated carbocycles. The van der Waals surface area contributed by atoms with Crippen molar-refractivity contribution in [3.8, 4) is 0 Å². The molecule has 1 aromatic heterocycles. The summed E-state index contributed by atoms with van der Waals surface area (Å²) in [5, 5.41) is 82.9. The molecule has 0 spiro atoms. The van der Waals surface area contributed by atoms with E-state index in [0.29, 0.717) is 50.0 Å². The van der Waals surface area contributed by atoms with Crippen molar-refractivity contribution >= 4 is 11.5 Å². The number of rotatable bonds is 16. The molecule has 1 aliphatic carbocycles. The molecule has 6 rings (SSSR count). The normalized spacial score (nSPS) is 38.6. The fourth-order valence-electron chi connectivity index (χ4n) is 12.9. The molecule has 2 saturated heterocycles. The number of ether oxygens (including phenoxy) is 5. The Labute approximate surface area is 471 Å². The first-order valence-corrected chi connectivity index (χ1v) is 29.1. The van der Waals surface area contributed by atoms with Gasteiger partial charge in [0.2, 0.25) is 0 Å². The standard InChI is InChI=1S/C57H95N7O13.C2H6/c1-15-46-57(10,71)51(68)38(7)63(13)29-33(2)27-55(8,70)52(36(5)49(37(6)53(69)76-46)75-43-25-34(3)50(67)56(9,28-43)73-14)77-54-48(66)44(26-35(4)74-54)62(12)24-22-42-31-64(60-58-42)45(32-65)47(59-72)40-20-18-39(19-21-40)41-17-16-23-61(11)30-41;1-2/h17-21,31,33-38,43-52,54,65-68,70-71H,15-16,22-30,32H2,1-14H3;1-2H3/t33-,34?,35?,36+,37?,38?,43-,44?,45-,46-,47?,48-,49+,50+,51?,52-,54?,55-,56-,57-;/m1./s1. The number of nitroso groups, excluding NO2 is 1. The van der Waals surface area contributed by atoms with Gasteiger partial charge in [0.05, 0.1) is 59.9 Å². The summed E-state index contributed by atoms with van der Waals surface area (Å²) in [6.45, 7) is 24.3. The van der Waals surface area contributed by atoms with Crippen LogP contribution in [0.5, 0.6) is 0 Å². The van der Waals surface area contributed by atoms with Crippen LogP contribution < -0.4 is 0 Å². The minimum atomic E-state index is -1.83. The van der Waals surface area contributed by atoms with Gasteiger partial charge in [-0.1, -0.05) is 82.3 Å². The molecule has 20 atom stereocenters. The van der Waals surface area contributed by atoms with E-state index in [0.717, 1.165) is 25.1 Å². The molecule has 1 aromatic carbocycles. The number of carbonyl (C=O) groups is 1. The minimum Gasteiger partial charge on any atom is -0.459 e. The Morgan fingerprint density at radius 3 is 2.24 bits per heavy atom. The molecule has 0 amide bonds. The van der Waals surface area contributed by atoms with E-state index in [2.05, 4.69) is 33.5 Å². The van der Waals surface area contributed by atoms with Crippen LogP contribution in [0.2, 0.25) is 0 Å². The van der Waals surface area contributed by atoms with Crippen LogP contribution in [0, 0.1) is 28.6 Å². The fraction of sp³-hybridized carbons (Fsp3) is 0.814. The van der Waals surface area contributed by atoms with E-state index >= 15 is 0 Å². The molecule has 20 nitrogen and oxygen atoms in total. The Morgan fingerprint density at radius 2 is 1.63 bits per heavy atom. The molecule has 3 aliphatic heterocycles. The number of methoxy groups -OCH3 is 1. The maximum atomic E-state index is 14.6. The molecule has 8 unspecified atom stereocenters. The van der Waals surface area contributed by atoms with Crippen LogP contribution in [-0.2, 0) is 34.9 Å². The number of aromatic nitrogens is 3. The average molecular weight is 1120 g/mol. The van der Waals surface area contributed by atoms with Gasteiger partial charge in [-0.2, -0.15) is 4.91 Å². The predicted octanol–water partition coefficient (Wildman–Crippen LogP) is 5.55. The second-order valence-electron chi connectivity index (χ2n) is 24.4. The first-order chi connectivity index (χ1) is 37.2. The first-order valence-electron chi connectivity index (χ1n) is 29.1. The molecule has 0 radical (unpaired) electrons. The molecule has 2 aromatic rings. The van der Waals surface area contributed by atoms with E-state index in [-0.39, 0.29) is 24.7 Å². The van der Waals surface area contributed by atoms with E-state index in [1.165, 1.54) is 17.2 Å². The van der Waals surface area contributed by atoms with Crippen molar-refractivity contribution in [1.82, 2.24) is 29.7 Å². The van der Waals surface area contributed by atoms with Crippen LogP contribution in [0.25, 0.3) is 5.57 Å². The smallest absolute Gasteiger partial charge is 0.311 e. The van der Waals surface area contributed by atoms with E-state index in [4.69, 9.17) is 23.7 Å². The lowest BCUT2D eigenvalue weighted by Gasteiger charge is -2.49. The average Bonchev–Trinajstić information content (AvgIpc) is 3.92. The zero-order valence-corrected chi connectivity index (χ0v) is 50.4. The Kier molecular flexibility index (Phi) is 24.2. The summed E-state index contributed by atoms with van der Waals surface area (Å²) in [5.74, 6) is -2.88. The van der Waals surface area contributed by atoms with Gasteiger partial charge in [0.25, 0.3) is 0 Å². The largest absolute Gasteiger partial charge is 0.459 e. The second kappa shape index (κ2) is 28.8. The molecule has 4 heterocycles. The number of esters is 1. The third kappa shape index (κ3) is 15.9. The SMILES string of the molecule is CC.CC[C@H]1OC(=O)C(C)[C@@H](O[C@@H]2CC(C)[C@H](O)[C@](C)(OC)C2)[C@H](C)[C@@H](OC2OC(C)CC(N(C)CCc3cn([C@H](CO)C(N=O)c4ccc(C5=CCCN(C)C5)cc4)nn3)[C@H]2O)[C@](C)(O)C[C@@H](C)CN(C)C(C)C(O)[C@]1(C)O. The summed E-state index contributed by atoms with van der Waals surface area (Å²) in [6.07, 6.45) is -1.69. The molecule has 6 N–H and O–H groups in total. The monoisotopic (exact) mass is 1120 g/mol. The van der Waals surface area contributed by atoms with Gasteiger partial charge in [-0.05, 0) is 123 Å². The summed E-state index contributed by atoms with van der Waals surface area (Å²) < 4.78 is 34.0. The van der Waals surface area contributed by atoms with E-state index in [1.807, 2.05) is 96.6 Å². The third-order valence-corrected chi connectivity index (χ3v) is 17.8. The highest BCUT2D eigenvalue weighted by Crippen LogP contribution is 2.42. The van der Waals surface area contributed by atoms with Gasteiger partial charge in [0.15, 0.2) is 6.29 Å². The van der Waals surface area contributed by atoms with Gasteiger partial charge in [-0.3, -0.25) is 4.79 Å². The summed E-state index contributed by atoms with van der Waals surface area (Å²) in [4.78, 5) is 33.2. The predicted molar refractivity (Wildman–Crippen MR) is 303 cm³/mol. The zero-order chi connectivity index (χ0) is 58.9. The van der Waals surface area contributed by atoms with Crippen molar-refractivity contribution in [2.75, 3.05) is 61.0 Å². The maximum absolute atomic E-state index is 14.6. The van der Waals surface area contributed by atoms with E-state index < -0.39 is 121 Å². The lowest BCUT2D eigenvalue weighted by atomic mass is 9.74. The number of likely N-dealkylation sites (N-methyl/N-ethyl adjacent to an activating group) is 3. The van der Waals surface area contributed by atoms with Gasteiger partial charge < -0.3 is 69.0 Å². The summed E-state index contributed by atoms with van der Waals surface area (Å²) in [7, 11) is 7.38. The van der Waals surface area contributed by atoms with E-state index in [1.54, 1.807) is 41.0 Å². The van der Waals surface area contributed by atoms with Crippen molar-refractivity contribution in [3.63, 3.8) is 0 Å². The van der Waals surface area contributed by atoms with Crippen LogP contribution >= 0.6 is 0 Å². The van der Waals surface area contributed by atoms with Crippen molar-refractivity contribution < 1.29 is 59.1 Å². The molecule has 4 aliphatic rings. The molecule has 450 valence electrons.